The summed E-state index contributed by atoms with van der Waals surface area (Å²) in [7, 11) is 0. The summed E-state index contributed by atoms with van der Waals surface area (Å²) in [4.78, 5) is 111. The molecule has 0 radical (unpaired) electrons. The summed E-state index contributed by atoms with van der Waals surface area (Å²) >= 11 is 0. The van der Waals surface area contributed by atoms with Crippen molar-refractivity contribution < 1.29 is 38.4 Å². The first kappa shape index (κ1) is 41.4. The third-order valence-electron chi connectivity index (χ3n) is 12.0. The van der Waals surface area contributed by atoms with Crippen molar-refractivity contribution in [2.45, 2.75) is 107 Å². The van der Waals surface area contributed by atoms with Crippen LogP contribution in [-0.4, -0.2) is 46.3 Å². The van der Waals surface area contributed by atoms with Gasteiger partial charge in [0.25, 0.3) is 0 Å². The lowest BCUT2D eigenvalue weighted by Crippen LogP contribution is -2.26. The van der Waals surface area contributed by atoms with Gasteiger partial charge in [-0.25, -0.2) is 0 Å². The highest BCUT2D eigenvalue weighted by molar-refractivity contribution is 6.28. The van der Waals surface area contributed by atoms with Crippen LogP contribution in [0.4, 0.5) is 0 Å². The molecule has 0 atom stereocenters. The van der Waals surface area contributed by atoms with Crippen molar-refractivity contribution in [1.82, 2.24) is 0 Å². The molecular weight excluding hydrogens is 705 g/mol. The summed E-state index contributed by atoms with van der Waals surface area (Å²) in [6, 6.07) is 0. The molecule has 288 valence electrons. The quantitative estimate of drug-likeness (QED) is 0.178. The molecule has 0 spiro atoms. The Morgan fingerprint density at radius 1 is 0.232 bits per heavy atom. The summed E-state index contributed by atoms with van der Waals surface area (Å²) in [5, 5.41) is 0. The average molecular weight is 753 g/mol. The fourth-order valence-corrected chi connectivity index (χ4v) is 8.02. The van der Waals surface area contributed by atoms with Gasteiger partial charge in [0.2, 0.25) is 0 Å². The van der Waals surface area contributed by atoms with E-state index in [4.69, 9.17) is 0 Å². The second-order valence-corrected chi connectivity index (χ2v) is 15.9. The predicted octanol–water partition coefficient (Wildman–Crippen LogP) is 8.48. The lowest BCUT2D eigenvalue weighted by Gasteiger charge is -2.26. The van der Waals surface area contributed by atoms with Crippen LogP contribution in [0, 0.1) is 0 Å². The van der Waals surface area contributed by atoms with Crippen LogP contribution in [0.2, 0.25) is 0 Å². The van der Waals surface area contributed by atoms with E-state index < -0.39 is 0 Å². The van der Waals surface area contributed by atoms with Gasteiger partial charge in [0.15, 0.2) is 46.3 Å². The maximum atomic E-state index is 13.9. The Kier molecular flexibility index (Phi) is 11.4. The summed E-state index contributed by atoms with van der Waals surface area (Å²) in [5.41, 5.74) is 5.53. The first-order valence-corrected chi connectivity index (χ1v) is 18.7. The Balaban J connectivity index is 1.71. The summed E-state index contributed by atoms with van der Waals surface area (Å²) < 4.78 is 0. The minimum atomic E-state index is -0.348. The number of carbonyl (C=O) groups excluding carboxylic acids is 8. The maximum Gasteiger partial charge on any atom is 0.185 e. The average Bonchev–Trinajstić information content (AvgIpc) is 3.16. The van der Waals surface area contributed by atoms with Crippen LogP contribution in [0.25, 0.3) is 0 Å². The van der Waals surface area contributed by atoms with Crippen molar-refractivity contribution in [3.63, 3.8) is 0 Å². The fraction of sp³-hybridized carbons (Fsp3) is 0.333. The molecule has 0 aromatic rings. The molecule has 0 amide bonds. The number of ketones is 8. The zero-order valence-corrected chi connectivity index (χ0v) is 33.8. The molecule has 5 rings (SSSR count). The van der Waals surface area contributed by atoms with E-state index in [0.717, 1.165) is 0 Å². The molecule has 0 aromatic carbocycles. The van der Waals surface area contributed by atoms with Gasteiger partial charge in [0.05, 0.1) is 0 Å². The zero-order chi connectivity index (χ0) is 41.8. The van der Waals surface area contributed by atoms with E-state index in [9.17, 15) is 38.4 Å². The third-order valence-corrected chi connectivity index (χ3v) is 12.0. The predicted molar refractivity (Wildman–Crippen MR) is 215 cm³/mol. The van der Waals surface area contributed by atoms with Crippen LogP contribution in [0.3, 0.4) is 0 Å². The van der Waals surface area contributed by atoms with Gasteiger partial charge in [-0.3, -0.25) is 38.4 Å². The SMILES string of the molecule is C=C1CC2=C(CC(=C)CC3=C(CC(=C)CC4=C(CC(=C)CC5=C(C1)C(=O)C(C)=C(C)C5=O)C(=O)C(C)=C(C)C4=O)C(=O)C(C)=C(C)C3=O)C(=O)C(C)=C(C)C2=O. The number of rotatable bonds is 0. The zero-order valence-electron chi connectivity index (χ0n) is 33.8. The fourth-order valence-electron chi connectivity index (χ4n) is 8.02. The highest BCUT2D eigenvalue weighted by atomic mass is 16.2. The molecular formula is C48H48O8. The highest BCUT2D eigenvalue weighted by Crippen LogP contribution is 2.40. The Labute approximate surface area is 328 Å². The van der Waals surface area contributed by atoms with E-state index >= 15 is 0 Å². The van der Waals surface area contributed by atoms with Gasteiger partial charge >= 0.3 is 0 Å². The Hall–Kier alpha value is -5.76. The van der Waals surface area contributed by atoms with Crippen LogP contribution >= 0.6 is 0 Å². The summed E-state index contributed by atoms with van der Waals surface area (Å²) in [6.45, 7) is 29.5. The molecule has 0 saturated heterocycles. The van der Waals surface area contributed by atoms with E-state index in [2.05, 4.69) is 26.3 Å². The van der Waals surface area contributed by atoms with Gasteiger partial charge in [-0.05, 0) is 107 Å². The molecule has 0 unspecified atom stereocenters. The second kappa shape index (κ2) is 15.4. The lowest BCUT2D eigenvalue weighted by molar-refractivity contribution is -0.116. The standard InChI is InChI=1S/C48H48O8/c1-21-13-33-35(43(51)27(7)25(5)41(33)49)15-22(2)17-37-39(47(55)31(11)29(9)45(37)53)19-24(4)20-40-38(46(54)30(10)32(12)48(40)56)18-23(3)16-36-34(14-21)42(50)26(6)28(8)44(36)52/h1-4,13-20H2,5-12H3. The first-order chi connectivity index (χ1) is 26.1. The number of allylic oxidation sites excluding steroid dienone is 20. The molecule has 0 N–H and O–H groups in total. The van der Waals surface area contributed by atoms with Crippen LogP contribution in [-0.2, 0) is 38.4 Å². The molecule has 5 aliphatic rings. The summed E-state index contributed by atoms with van der Waals surface area (Å²) in [5.74, 6) is -2.79. The van der Waals surface area contributed by atoms with E-state index in [1.165, 1.54) is 0 Å². The van der Waals surface area contributed by atoms with Gasteiger partial charge in [-0.2, -0.15) is 0 Å². The topological polar surface area (TPSA) is 137 Å². The smallest absolute Gasteiger partial charge is 0.185 e. The molecule has 0 aliphatic heterocycles. The van der Waals surface area contributed by atoms with Crippen molar-refractivity contribution in [3.8, 4) is 0 Å². The molecule has 8 nitrogen and oxygen atoms in total. The molecule has 56 heavy (non-hydrogen) atoms. The highest BCUT2D eigenvalue weighted by Gasteiger charge is 2.37. The normalized spacial score (nSPS) is 22.3. The van der Waals surface area contributed by atoms with E-state index in [0.29, 0.717) is 22.3 Å². The van der Waals surface area contributed by atoms with Gasteiger partial charge in [0.1, 0.15) is 0 Å². The monoisotopic (exact) mass is 752 g/mol. The van der Waals surface area contributed by atoms with Gasteiger partial charge < -0.3 is 0 Å². The minimum Gasteiger partial charge on any atom is -0.289 e. The maximum absolute atomic E-state index is 13.9. The van der Waals surface area contributed by atoms with Gasteiger partial charge in [-0.1, -0.05) is 48.6 Å². The van der Waals surface area contributed by atoms with Gasteiger partial charge in [-0.15, -0.1) is 0 Å². The van der Waals surface area contributed by atoms with Crippen molar-refractivity contribution in [2.75, 3.05) is 0 Å². The van der Waals surface area contributed by atoms with Crippen LogP contribution < -0.4 is 0 Å². The molecule has 0 saturated carbocycles. The van der Waals surface area contributed by atoms with Crippen LogP contribution in [0.5, 0.6) is 0 Å². The minimum absolute atomic E-state index is 0.0667. The van der Waals surface area contributed by atoms with Crippen molar-refractivity contribution >= 4 is 46.3 Å². The first-order valence-electron chi connectivity index (χ1n) is 18.7. The molecule has 0 bridgehead atoms. The lowest BCUT2D eigenvalue weighted by atomic mass is 9.75. The van der Waals surface area contributed by atoms with Crippen LogP contribution in [0.15, 0.2) is 138 Å². The molecule has 8 heteroatoms. The van der Waals surface area contributed by atoms with Crippen molar-refractivity contribution in [2.24, 2.45) is 0 Å². The van der Waals surface area contributed by atoms with E-state index in [1.807, 2.05) is 0 Å². The number of hydrogen-bond donors (Lipinski definition) is 0. The molecule has 0 aromatic heterocycles. The van der Waals surface area contributed by atoms with Crippen molar-refractivity contribution in [1.29, 1.82) is 0 Å². The van der Waals surface area contributed by atoms with E-state index in [-0.39, 0.29) is 187 Å². The Morgan fingerprint density at radius 3 is 0.411 bits per heavy atom. The Bertz CT molecular complexity index is 1920. The number of Topliss-reactive ketones (excluding diaryl/α,β-unsaturated/α-hetero) is 8. The van der Waals surface area contributed by atoms with Crippen LogP contribution in [0.1, 0.15) is 107 Å². The number of carbonyl (C=O) groups is 8. The van der Waals surface area contributed by atoms with E-state index in [1.54, 1.807) is 55.4 Å². The van der Waals surface area contributed by atoms with Crippen molar-refractivity contribution in [3.05, 3.63) is 138 Å². The second-order valence-electron chi connectivity index (χ2n) is 15.9. The Morgan fingerprint density at radius 2 is 0.321 bits per heavy atom. The number of hydrogen-bond acceptors (Lipinski definition) is 8. The molecule has 5 aliphatic carbocycles. The molecule has 0 heterocycles. The van der Waals surface area contributed by atoms with Gasteiger partial charge in [0, 0.05) is 89.2 Å². The summed E-state index contributed by atoms with van der Waals surface area (Å²) in [6.07, 6.45) is -0.533. The molecule has 0 fully saturated rings. The largest absolute Gasteiger partial charge is 0.289 e. The third kappa shape index (κ3) is 7.20.